The Kier molecular flexibility index (Phi) is 5.50. The number of hydrogen-bond donors (Lipinski definition) is 2. The van der Waals surface area contributed by atoms with Crippen LogP contribution in [0, 0.1) is 23.9 Å². The number of nitrogens with two attached hydrogens (primary N) is 2. The average molecular weight is 462 g/mol. The summed E-state index contributed by atoms with van der Waals surface area (Å²) in [4.78, 5) is 20.5. The fourth-order valence-corrected chi connectivity index (χ4v) is 4.71. The van der Waals surface area contributed by atoms with Crippen molar-refractivity contribution in [1.82, 2.24) is 24.1 Å². The van der Waals surface area contributed by atoms with Crippen LogP contribution in [0.25, 0.3) is 17.1 Å². The van der Waals surface area contributed by atoms with E-state index in [4.69, 9.17) is 11.5 Å². The van der Waals surface area contributed by atoms with E-state index in [0.717, 1.165) is 9.87 Å². The van der Waals surface area contributed by atoms with Gasteiger partial charge in [0.1, 0.15) is 0 Å². The van der Waals surface area contributed by atoms with E-state index in [-0.39, 0.29) is 16.5 Å². The molecule has 11 heteroatoms. The van der Waals surface area contributed by atoms with E-state index in [1.807, 2.05) is 0 Å². The van der Waals surface area contributed by atoms with Crippen LogP contribution in [0.5, 0.6) is 0 Å². The van der Waals surface area contributed by atoms with Crippen molar-refractivity contribution in [3.05, 3.63) is 47.3 Å². The molecule has 0 unspecified atom stereocenters. The Balaban J connectivity index is 1.85. The molecule has 0 aliphatic heterocycles. The third-order valence-corrected chi connectivity index (χ3v) is 6.55. The van der Waals surface area contributed by atoms with Gasteiger partial charge in [-0.25, -0.2) is 14.6 Å². The van der Waals surface area contributed by atoms with Gasteiger partial charge in [0.2, 0.25) is 5.95 Å². The molecule has 1 aliphatic rings. The first kappa shape index (κ1) is 21.9. The highest BCUT2D eigenvalue weighted by Crippen LogP contribution is 2.35. The maximum Gasteiger partial charge on any atom is 0.282 e. The summed E-state index contributed by atoms with van der Waals surface area (Å²) in [5, 5.41) is 4.41. The lowest BCUT2D eigenvalue weighted by molar-refractivity contribution is 0.0994. The lowest BCUT2D eigenvalue weighted by Gasteiger charge is -2.18. The number of nitrogen functional groups attached to an aromatic ring is 1. The Morgan fingerprint density at radius 3 is 2.39 bits per heavy atom. The maximum atomic E-state index is 12.9. The number of sulfonamides is 1. The van der Waals surface area contributed by atoms with Gasteiger partial charge in [-0.2, -0.15) is 13.5 Å². The van der Waals surface area contributed by atoms with Gasteiger partial charge >= 0.3 is 0 Å². The van der Waals surface area contributed by atoms with Gasteiger partial charge in [0.15, 0.2) is 5.69 Å². The van der Waals surface area contributed by atoms with Crippen LogP contribution in [0.1, 0.15) is 35.5 Å². The van der Waals surface area contributed by atoms with Crippen LogP contribution in [0.3, 0.4) is 0 Å². The van der Waals surface area contributed by atoms with Crippen molar-refractivity contribution in [3.8, 4) is 41.0 Å². The molecule has 3 aromatic rings. The second-order valence-corrected chi connectivity index (χ2v) is 8.83. The molecule has 0 fully saturated rings. The standard InChI is InChI=1S/C22H19N7O3S/c1-3-11-28(12-4-2)33(31,32)16-8-6-15(7-9-16)29-20-17(19(27-29)21(23)30)10-5-14-13-25-22(24)26-18(14)20/h6-9,13H,5,10H2,1-2H3,(H2,23,30)(H2,24,25,26). The molecule has 0 atom stereocenters. The minimum Gasteiger partial charge on any atom is -0.368 e. The number of rotatable bonds is 4. The predicted molar refractivity (Wildman–Crippen MR) is 121 cm³/mol. The molecule has 1 aliphatic carbocycles. The lowest BCUT2D eigenvalue weighted by Crippen LogP contribution is -2.21. The van der Waals surface area contributed by atoms with Crippen molar-refractivity contribution in [1.29, 1.82) is 0 Å². The van der Waals surface area contributed by atoms with Crippen LogP contribution >= 0.6 is 0 Å². The summed E-state index contributed by atoms with van der Waals surface area (Å²) in [7, 11) is -3.96. The van der Waals surface area contributed by atoms with E-state index < -0.39 is 15.9 Å². The molecule has 10 nitrogen and oxygen atoms in total. The Labute approximate surface area is 190 Å². The van der Waals surface area contributed by atoms with Gasteiger partial charge in [-0.15, -0.1) is 4.31 Å². The van der Waals surface area contributed by atoms with Crippen molar-refractivity contribution in [2.45, 2.75) is 31.6 Å². The number of aromatic nitrogens is 4. The van der Waals surface area contributed by atoms with Gasteiger partial charge in [0.05, 0.1) is 22.0 Å². The van der Waals surface area contributed by atoms with Gasteiger partial charge in [0.25, 0.3) is 15.9 Å². The molecule has 4 rings (SSSR count). The van der Waals surface area contributed by atoms with Crippen molar-refractivity contribution in [2.75, 3.05) is 5.73 Å². The Morgan fingerprint density at radius 2 is 1.79 bits per heavy atom. The Bertz CT molecular complexity index is 1480. The topological polar surface area (TPSA) is 150 Å². The van der Waals surface area contributed by atoms with Crippen LogP contribution in [0.15, 0.2) is 35.4 Å². The van der Waals surface area contributed by atoms with Crippen molar-refractivity contribution >= 4 is 21.9 Å². The number of hydrogen-bond acceptors (Lipinski definition) is 7. The number of anilines is 1. The summed E-state index contributed by atoms with van der Waals surface area (Å²) in [5.74, 6) is 4.51. The normalized spacial score (nSPS) is 11.8. The first-order chi connectivity index (χ1) is 15.8. The van der Waals surface area contributed by atoms with Crippen molar-refractivity contribution in [3.63, 3.8) is 0 Å². The van der Waals surface area contributed by atoms with E-state index in [9.17, 15) is 13.2 Å². The first-order valence-electron chi connectivity index (χ1n) is 9.82. The molecular weight excluding hydrogens is 442 g/mol. The molecule has 0 spiro atoms. The van der Waals surface area contributed by atoms with Gasteiger partial charge < -0.3 is 11.5 Å². The van der Waals surface area contributed by atoms with Gasteiger partial charge in [-0.1, -0.05) is 11.8 Å². The second kappa shape index (κ2) is 8.30. The zero-order valence-electron chi connectivity index (χ0n) is 17.8. The minimum absolute atomic E-state index is 0.000122. The molecule has 0 bridgehead atoms. The summed E-state index contributed by atoms with van der Waals surface area (Å²) in [6.45, 7) is 3.04. The molecule has 1 aromatic carbocycles. The molecule has 0 saturated heterocycles. The number of amides is 1. The number of primary amides is 1. The lowest BCUT2D eigenvalue weighted by atomic mass is 9.93. The largest absolute Gasteiger partial charge is 0.368 e. The molecule has 0 radical (unpaired) electrons. The van der Waals surface area contributed by atoms with E-state index in [1.54, 1.807) is 18.3 Å². The molecule has 33 heavy (non-hydrogen) atoms. The number of aryl methyl sites for hydroxylation is 1. The third kappa shape index (κ3) is 3.75. The van der Waals surface area contributed by atoms with Gasteiger partial charge in [0, 0.05) is 23.8 Å². The van der Waals surface area contributed by atoms with Crippen LogP contribution in [-0.4, -0.2) is 38.4 Å². The Morgan fingerprint density at radius 1 is 1.12 bits per heavy atom. The van der Waals surface area contributed by atoms with Crippen molar-refractivity contribution in [2.24, 2.45) is 5.73 Å². The highest BCUT2D eigenvalue weighted by molar-refractivity contribution is 7.89. The highest BCUT2D eigenvalue weighted by atomic mass is 32.2. The summed E-state index contributed by atoms with van der Waals surface area (Å²) < 4.78 is 28.1. The number of carbonyl (C=O) groups is 1. The summed E-state index contributed by atoms with van der Waals surface area (Å²) in [6, 6.07) is 10.9. The van der Waals surface area contributed by atoms with Crippen LogP contribution in [0.2, 0.25) is 0 Å². The molecule has 2 heterocycles. The number of benzene rings is 1. The Hall–Kier alpha value is -4.35. The van der Waals surface area contributed by atoms with Crippen LogP contribution < -0.4 is 11.5 Å². The molecular formula is C22H19N7O3S. The second-order valence-electron chi connectivity index (χ2n) is 7.04. The zero-order valence-corrected chi connectivity index (χ0v) is 18.6. The number of carbonyl (C=O) groups excluding carboxylic acids is 1. The van der Waals surface area contributed by atoms with E-state index in [0.29, 0.717) is 35.5 Å². The highest BCUT2D eigenvalue weighted by Gasteiger charge is 2.30. The smallest absolute Gasteiger partial charge is 0.282 e. The quantitative estimate of drug-likeness (QED) is 0.436. The number of nitrogens with zero attached hydrogens (tertiary/aromatic N) is 5. The summed E-state index contributed by atoms with van der Waals surface area (Å²) in [5.41, 5.74) is 14.7. The minimum atomic E-state index is -3.96. The fraction of sp³-hybridized carbons (Fsp3) is 0.182. The summed E-state index contributed by atoms with van der Waals surface area (Å²) in [6.07, 6.45) is 2.79. The zero-order chi connectivity index (χ0) is 23.8. The summed E-state index contributed by atoms with van der Waals surface area (Å²) >= 11 is 0. The third-order valence-electron chi connectivity index (χ3n) is 5.01. The van der Waals surface area contributed by atoms with Gasteiger partial charge in [-0.05, 0) is 56.5 Å². The molecule has 4 N–H and O–H groups in total. The molecule has 2 aromatic heterocycles. The van der Waals surface area contributed by atoms with E-state index in [2.05, 4.69) is 39.0 Å². The van der Waals surface area contributed by atoms with Crippen LogP contribution in [-0.2, 0) is 22.9 Å². The average Bonchev–Trinajstić information content (AvgIpc) is 3.19. The monoisotopic (exact) mass is 461 g/mol. The fourth-order valence-electron chi connectivity index (χ4n) is 3.60. The maximum absolute atomic E-state index is 12.9. The van der Waals surface area contributed by atoms with E-state index in [1.165, 1.54) is 30.7 Å². The first-order valence-corrected chi connectivity index (χ1v) is 11.3. The van der Waals surface area contributed by atoms with E-state index >= 15 is 0 Å². The predicted octanol–water partition coefficient (Wildman–Crippen LogP) is 1.06. The molecule has 1 amide bonds. The van der Waals surface area contributed by atoms with Crippen molar-refractivity contribution < 1.29 is 13.2 Å². The molecule has 0 saturated carbocycles. The number of fused-ring (bicyclic) bond motifs is 3. The van der Waals surface area contributed by atoms with Crippen LogP contribution in [0.4, 0.5) is 5.95 Å². The SMILES string of the molecule is CC#CN(C#CC)S(=O)(=O)c1ccc(-n2nc(C(N)=O)c3c2-c2nc(N)ncc2CC3)cc1. The van der Waals surface area contributed by atoms with Gasteiger partial charge in [-0.3, -0.25) is 4.79 Å². The molecule has 166 valence electrons.